The molecule has 1 aliphatic rings. The Morgan fingerprint density at radius 2 is 1.59 bits per heavy atom. The molecule has 3 atom stereocenters. The molecular formula is C32H44N2O9S. The summed E-state index contributed by atoms with van der Waals surface area (Å²) in [4.78, 5) is 4.07. The van der Waals surface area contributed by atoms with Crippen molar-refractivity contribution in [3.05, 3.63) is 54.1 Å². The topological polar surface area (TPSA) is 128 Å². The number of aliphatic hydroxyl groups is 1. The van der Waals surface area contributed by atoms with E-state index in [0.29, 0.717) is 61.0 Å². The zero-order valence-electron chi connectivity index (χ0n) is 26.2. The van der Waals surface area contributed by atoms with Gasteiger partial charge in [0.05, 0.1) is 64.9 Å². The molecule has 2 heterocycles. The smallest absolute Gasteiger partial charge is 0.203 e. The van der Waals surface area contributed by atoms with Crippen molar-refractivity contribution in [3.8, 4) is 28.7 Å². The Kier molecular flexibility index (Phi) is 11.8. The molecule has 11 nitrogen and oxygen atoms in total. The number of unbranched alkanes of at least 4 members (excludes halogenated alkanes) is 1. The number of hydrogen-bond acceptors (Lipinski definition) is 10. The number of benzene rings is 2. The Bertz CT molecular complexity index is 1430. The third-order valence-corrected chi connectivity index (χ3v) is 9.26. The van der Waals surface area contributed by atoms with Gasteiger partial charge in [-0.15, -0.1) is 0 Å². The molecule has 0 spiro atoms. The molecule has 0 amide bonds. The second-order valence-corrected chi connectivity index (χ2v) is 12.8. The van der Waals surface area contributed by atoms with Crippen molar-refractivity contribution in [2.24, 2.45) is 0 Å². The lowest BCUT2D eigenvalue weighted by Gasteiger charge is -2.21. The first-order chi connectivity index (χ1) is 21.2. The summed E-state index contributed by atoms with van der Waals surface area (Å²) in [6.45, 7) is 4.89. The summed E-state index contributed by atoms with van der Waals surface area (Å²) in [6.07, 6.45) is 7.32. The van der Waals surface area contributed by atoms with E-state index in [4.69, 9.17) is 28.4 Å². The summed E-state index contributed by atoms with van der Waals surface area (Å²) < 4.78 is 64.4. The summed E-state index contributed by atoms with van der Waals surface area (Å²) in [5.41, 5.74) is 1.53. The maximum atomic E-state index is 13.6. The van der Waals surface area contributed by atoms with E-state index < -0.39 is 27.8 Å². The fourth-order valence-corrected chi connectivity index (χ4v) is 6.86. The first kappa shape index (κ1) is 33.4. The highest BCUT2D eigenvalue weighted by Crippen LogP contribution is 2.48. The van der Waals surface area contributed by atoms with Gasteiger partial charge in [-0.25, -0.2) is 13.4 Å². The molecule has 1 saturated heterocycles. The van der Waals surface area contributed by atoms with Gasteiger partial charge in [-0.05, 0) is 74.4 Å². The van der Waals surface area contributed by atoms with Crippen LogP contribution in [0.3, 0.4) is 0 Å². The van der Waals surface area contributed by atoms with Crippen LogP contribution >= 0.6 is 0 Å². The minimum Gasteiger partial charge on any atom is -0.493 e. The largest absolute Gasteiger partial charge is 0.493 e. The maximum Gasteiger partial charge on any atom is 0.203 e. The van der Waals surface area contributed by atoms with Gasteiger partial charge in [0.2, 0.25) is 5.75 Å². The lowest BCUT2D eigenvalue weighted by atomic mass is 10.0. The molecule has 0 bridgehead atoms. The number of nitrogens with zero attached hydrogens (tertiary/aromatic N) is 2. The van der Waals surface area contributed by atoms with Crippen LogP contribution in [0, 0.1) is 0 Å². The molecular weight excluding hydrogens is 588 g/mol. The number of imidazole rings is 1. The quantitative estimate of drug-likeness (QED) is 0.196. The molecule has 1 aromatic heterocycles. The molecule has 12 heteroatoms. The van der Waals surface area contributed by atoms with Crippen molar-refractivity contribution in [2.75, 3.05) is 40.3 Å². The van der Waals surface area contributed by atoms with Crippen LogP contribution < -0.4 is 23.7 Å². The second-order valence-electron chi connectivity index (χ2n) is 10.8. The highest BCUT2D eigenvalue weighted by atomic mass is 32.2. The Morgan fingerprint density at radius 3 is 2.16 bits per heavy atom. The van der Waals surface area contributed by atoms with Gasteiger partial charge in [0, 0.05) is 18.9 Å². The van der Waals surface area contributed by atoms with Crippen molar-refractivity contribution >= 4 is 9.84 Å². The SMILES string of the molecule is CCCOc1c(OCCCCn2ccnc2)cc([C@H]2CC[C@H](c3cc(OC)c(OC)c(OC)c3)O2)cc1S(=O)(=O)CC(C)O. The summed E-state index contributed by atoms with van der Waals surface area (Å²) in [5, 5.41) is 10.0. The summed E-state index contributed by atoms with van der Waals surface area (Å²) >= 11 is 0. The Morgan fingerprint density at radius 1 is 0.932 bits per heavy atom. The number of rotatable bonds is 17. The summed E-state index contributed by atoms with van der Waals surface area (Å²) in [5.74, 6) is 1.63. The van der Waals surface area contributed by atoms with Gasteiger partial charge in [0.25, 0.3) is 0 Å². The zero-order valence-corrected chi connectivity index (χ0v) is 27.0. The van der Waals surface area contributed by atoms with Gasteiger partial charge < -0.3 is 38.1 Å². The van der Waals surface area contributed by atoms with Crippen LogP contribution in [0.1, 0.15) is 69.3 Å². The third kappa shape index (κ3) is 8.16. The van der Waals surface area contributed by atoms with Crippen LogP contribution in [0.15, 0.2) is 47.9 Å². The second kappa shape index (κ2) is 15.5. The molecule has 0 aliphatic carbocycles. The first-order valence-electron chi connectivity index (χ1n) is 15.0. The van der Waals surface area contributed by atoms with Crippen LogP contribution in [0.25, 0.3) is 0 Å². The minimum absolute atomic E-state index is 0.00222. The maximum absolute atomic E-state index is 13.6. The van der Waals surface area contributed by atoms with E-state index in [2.05, 4.69) is 4.98 Å². The van der Waals surface area contributed by atoms with E-state index in [1.165, 1.54) is 6.92 Å². The van der Waals surface area contributed by atoms with E-state index in [1.807, 2.05) is 35.9 Å². The summed E-state index contributed by atoms with van der Waals surface area (Å²) in [7, 11) is 0.766. The van der Waals surface area contributed by atoms with Gasteiger partial charge in [-0.1, -0.05) is 6.92 Å². The zero-order chi connectivity index (χ0) is 31.7. The number of sulfone groups is 1. The standard InChI is InChI=1S/C32H44N2O9S/c1-6-14-42-32-29(41-15-8-7-12-34-13-11-33-21-34)18-24(19-30(32)44(36,37)20-22(2)35)26-10-9-25(43-26)23-16-27(38-3)31(40-5)28(17-23)39-4/h11,13,16-19,21-22,25-26,35H,6-10,12,14-15,20H2,1-5H3/t22?,25-,26-/m1/s1. The summed E-state index contributed by atoms with van der Waals surface area (Å²) in [6, 6.07) is 7.17. The van der Waals surface area contributed by atoms with E-state index in [-0.39, 0.29) is 16.7 Å². The fourth-order valence-electron chi connectivity index (χ4n) is 5.29. The number of aromatic nitrogens is 2. The van der Waals surface area contributed by atoms with Crippen LogP contribution in [0.2, 0.25) is 0 Å². The minimum atomic E-state index is -3.92. The average Bonchev–Trinajstić information content (AvgIpc) is 3.71. The van der Waals surface area contributed by atoms with Crippen molar-refractivity contribution < 1.29 is 41.9 Å². The molecule has 3 aromatic rings. The number of aliphatic hydroxyl groups excluding tert-OH is 1. The molecule has 1 N–H and O–H groups in total. The highest BCUT2D eigenvalue weighted by Gasteiger charge is 2.33. The predicted molar refractivity (Wildman–Crippen MR) is 165 cm³/mol. The van der Waals surface area contributed by atoms with Gasteiger partial charge in [0.1, 0.15) is 4.90 Å². The Balaban J connectivity index is 1.64. The molecule has 1 aliphatic heterocycles. The van der Waals surface area contributed by atoms with E-state index in [0.717, 1.165) is 24.9 Å². The molecule has 2 aromatic carbocycles. The Hall–Kier alpha value is -3.48. The van der Waals surface area contributed by atoms with Crippen LogP contribution in [-0.4, -0.2) is 69.5 Å². The lowest BCUT2D eigenvalue weighted by molar-refractivity contribution is 0.0434. The average molecular weight is 633 g/mol. The number of aryl methyl sites for hydroxylation is 1. The van der Waals surface area contributed by atoms with Gasteiger partial charge in [-0.3, -0.25) is 0 Å². The lowest BCUT2D eigenvalue weighted by Crippen LogP contribution is -2.19. The molecule has 1 unspecified atom stereocenters. The van der Waals surface area contributed by atoms with Gasteiger partial charge >= 0.3 is 0 Å². The van der Waals surface area contributed by atoms with Crippen molar-refractivity contribution in [3.63, 3.8) is 0 Å². The van der Waals surface area contributed by atoms with Crippen molar-refractivity contribution in [2.45, 2.75) is 75.7 Å². The number of hydrogen-bond donors (Lipinski definition) is 1. The first-order valence-corrected chi connectivity index (χ1v) is 16.6. The monoisotopic (exact) mass is 632 g/mol. The number of ether oxygens (including phenoxy) is 6. The molecule has 0 radical (unpaired) electrons. The van der Waals surface area contributed by atoms with Gasteiger partial charge in [-0.2, -0.15) is 0 Å². The van der Waals surface area contributed by atoms with Crippen molar-refractivity contribution in [1.29, 1.82) is 0 Å². The van der Waals surface area contributed by atoms with E-state index in [1.54, 1.807) is 39.9 Å². The normalized spacial score (nSPS) is 17.3. The number of methoxy groups -OCH3 is 3. The third-order valence-electron chi connectivity index (χ3n) is 7.37. The van der Waals surface area contributed by atoms with Crippen molar-refractivity contribution in [1.82, 2.24) is 9.55 Å². The van der Waals surface area contributed by atoms with E-state index in [9.17, 15) is 13.5 Å². The predicted octanol–water partition coefficient (Wildman–Crippen LogP) is 5.30. The molecule has 1 fully saturated rings. The Labute approximate surface area is 259 Å². The van der Waals surface area contributed by atoms with Crippen LogP contribution in [0.4, 0.5) is 0 Å². The molecule has 242 valence electrons. The molecule has 44 heavy (non-hydrogen) atoms. The fraction of sp³-hybridized carbons (Fsp3) is 0.531. The van der Waals surface area contributed by atoms with Gasteiger partial charge in [0.15, 0.2) is 32.8 Å². The highest BCUT2D eigenvalue weighted by molar-refractivity contribution is 7.91. The van der Waals surface area contributed by atoms with Crippen LogP contribution in [0.5, 0.6) is 28.7 Å². The van der Waals surface area contributed by atoms with Crippen LogP contribution in [-0.2, 0) is 21.1 Å². The molecule has 4 rings (SSSR count). The van der Waals surface area contributed by atoms with E-state index >= 15 is 0 Å². The molecule has 0 saturated carbocycles.